The van der Waals surface area contributed by atoms with Crippen molar-refractivity contribution in [1.82, 2.24) is 0 Å². The van der Waals surface area contributed by atoms with Crippen molar-refractivity contribution < 1.29 is 28.2 Å². The highest BCUT2D eigenvalue weighted by atomic mass is 19.4. The van der Waals surface area contributed by atoms with Gasteiger partial charge in [-0.3, -0.25) is 4.79 Å². The summed E-state index contributed by atoms with van der Waals surface area (Å²) in [6, 6.07) is 4.71. The van der Waals surface area contributed by atoms with Crippen LogP contribution in [0.3, 0.4) is 0 Å². The van der Waals surface area contributed by atoms with Gasteiger partial charge in [0.1, 0.15) is 6.10 Å². The van der Waals surface area contributed by atoms with E-state index in [2.05, 4.69) is 5.32 Å². The van der Waals surface area contributed by atoms with Crippen LogP contribution in [0.4, 0.5) is 18.9 Å². The van der Waals surface area contributed by atoms with Crippen molar-refractivity contribution in [2.24, 2.45) is 0 Å². The number of hydrogen-bond acceptors (Lipinski definition) is 3. The van der Waals surface area contributed by atoms with E-state index in [-0.39, 0.29) is 11.3 Å². The lowest BCUT2D eigenvalue weighted by molar-refractivity contribution is -0.206. The Morgan fingerprint density at radius 3 is 2.44 bits per heavy atom. The topological polar surface area (TPSA) is 69.6 Å². The maximum atomic E-state index is 12.3. The maximum absolute atomic E-state index is 12.3. The lowest BCUT2D eigenvalue weighted by Gasteiger charge is -2.16. The molecule has 0 saturated carbocycles. The number of amides is 1. The van der Waals surface area contributed by atoms with Crippen LogP contribution in [0, 0.1) is 0 Å². The Labute approximate surface area is 101 Å². The van der Waals surface area contributed by atoms with Gasteiger partial charge in [-0.25, -0.2) is 0 Å². The van der Waals surface area contributed by atoms with E-state index in [1.807, 2.05) is 0 Å². The third-order valence-electron chi connectivity index (χ3n) is 2.16. The number of nitrogens with one attached hydrogen (secondary N) is 1. The molecule has 100 valence electrons. The number of halogens is 3. The number of alkyl halides is 3. The zero-order valence-electron chi connectivity index (χ0n) is 9.40. The number of aliphatic hydroxyl groups is 2. The van der Waals surface area contributed by atoms with E-state index in [1.54, 1.807) is 0 Å². The predicted molar refractivity (Wildman–Crippen MR) is 57.8 cm³/mol. The van der Waals surface area contributed by atoms with Crippen molar-refractivity contribution in [2.75, 3.05) is 5.32 Å². The fourth-order valence-electron chi connectivity index (χ4n) is 1.22. The molecule has 0 fully saturated rings. The molecule has 0 aliphatic heterocycles. The summed E-state index contributed by atoms with van der Waals surface area (Å²) in [6.07, 6.45) is -8.66. The minimum atomic E-state index is -4.77. The van der Waals surface area contributed by atoms with Gasteiger partial charge in [-0.05, 0) is 24.6 Å². The van der Waals surface area contributed by atoms with Crippen LogP contribution in [0.25, 0.3) is 0 Å². The highest BCUT2D eigenvalue weighted by molar-refractivity contribution is 5.93. The molecule has 1 aromatic rings. The molecule has 7 heteroatoms. The molecule has 2 atom stereocenters. The second-order valence-corrected chi connectivity index (χ2v) is 3.73. The molecule has 0 aliphatic rings. The van der Waals surface area contributed by atoms with Crippen LogP contribution in [0.5, 0.6) is 0 Å². The number of hydrogen-bond donors (Lipinski definition) is 3. The van der Waals surface area contributed by atoms with Crippen LogP contribution in [0.15, 0.2) is 24.3 Å². The molecule has 0 aliphatic carbocycles. The molecule has 4 nitrogen and oxygen atoms in total. The summed E-state index contributed by atoms with van der Waals surface area (Å²) in [5.41, 5.74) is -0.312. The Hall–Kier alpha value is -1.60. The third kappa shape index (κ3) is 3.71. The van der Waals surface area contributed by atoms with Crippen LogP contribution >= 0.6 is 0 Å². The zero-order valence-corrected chi connectivity index (χ0v) is 9.40. The molecule has 0 bridgehead atoms. The van der Waals surface area contributed by atoms with Gasteiger partial charge in [-0.1, -0.05) is 12.1 Å². The van der Waals surface area contributed by atoms with Gasteiger partial charge in [0.2, 0.25) is 0 Å². The predicted octanol–water partition coefficient (Wildman–Crippen LogP) is 1.60. The van der Waals surface area contributed by atoms with Gasteiger partial charge in [0.05, 0.1) is 0 Å². The van der Waals surface area contributed by atoms with E-state index in [1.165, 1.54) is 19.1 Å². The summed E-state index contributed by atoms with van der Waals surface area (Å²) in [5, 5.41) is 20.2. The lowest BCUT2D eigenvalue weighted by atomic mass is 10.1. The summed E-state index contributed by atoms with van der Waals surface area (Å²) in [6.45, 7) is 1.23. The van der Waals surface area contributed by atoms with Gasteiger partial charge in [0.25, 0.3) is 5.91 Å². The van der Waals surface area contributed by atoms with Crippen molar-refractivity contribution in [3.8, 4) is 0 Å². The maximum Gasteiger partial charge on any atom is 0.418 e. The lowest BCUT2D eigenvalue weighted by Crippen LogP contribution is -2.25. The second kappa shape index (κ2) is 5.36. The Morgan fingerprint density at radius 2 is 1.94 bits per heavy atom. The Morgan fingerprint density at radius 1 is 1.33 bits per heavy atom. The molecular formula is C11H12F3NO3. The number of carbonyl (C=O) groups is 1. The summed E-state index contributed by atoms with van der Waals surface area (Å²) < 4.78 is 36.8. The van der Waals surface area contributed by atoms with Gasteiger partial charge in [0, 0.05) is 5.69 Å². The van der Waals surface area contributed by atoms with E-state index < -0.39 is 24.3 Å². The summed E-state index contributed by atoms with van der Waals surface area (Å²) in [7, 11) is 0. The van der Waals surface area contributed by atoms with Crippen LogP contribution in [0.2, 0.25) is 0 Å². The first-order chi connectivity index (χ1) is 8.21. The van der Waals surface area contributed by atoms with Gasteiger partial charge >= 0.3 is 6.18 Å². The molecule has 3 N–H and O–H groups in total. The quantitative estimate of drug-likeness (QED) is 0.775. The standard InChI is InChI=1S/C11H12F3NO3/c1-6(16)10(18)15-8-4-2-3-7(5-8)9(17)11(12,13)14/h2-6,9,16-17H,1H3,(H,15,18). The van der Waals surface area contributed by atoms with E-state index in [0.717, 1.165) is 12.1 Å². The summed E-state index contributed by atoms with van der Waals surface area (Å²) in [5.74, 6) is -0.742. The summed E-state index contributed by atoms with van der Waals surface area (Å²) >= 11 is 0. The first-order valence-corrected chi connectivity index (χ1v) is 5.05. The SMILES string of the molecule is CC(O)C(=O)Nc1cccc(C(O)C(F)(F)F)c1. The number of aliphatic hydroxyl groups excluding tert-OH is 2. The van der Waals surface area contributed by atoms with E-state index in [4.69, 9.17) is 10.2 Å². The molecule has 1 amide bonds. The van der Waals surface area contributed by atoms with Crippen molar-refractivity contribution in [3.63, 3.8) is 0 Å². The molecule has 0 spiro atoms. The van der Waals surface area contributed by atoms with Crippen LogP contribution in [-0.4, -0.2) is 28.4 Å². The molecule has 18 heavy (non-hydrogen) atoms. The van der Waals surface area contributed by atoms with E-state index in [0.29, 0.717) is 0 Å². The van der Waals surface area contributed by atoms with E-state index >= 15 is 0 Å². The first kappa shape index (κ1) is 14.5. The number of rotatable bonds is 3. The molecule has 0 saturated heterocycles. The highest BCUT2D eigenvalue weighted by Crippen LogP contribution is 2.33. The van der Waals surface area contributed by atoms with Crippen molar-refractivity contribution in [3.05, 3.63) is 29.8 Å². The highest BCUT2D eigenvalue weighted by Gasteiger charge is 2.39. The first-order valence-electron chi connectivity index (χ1n) is 5.05. The van der Waals surface area contributed by atoms with Crippen molar-refractivity contribution >= 4 is 11.6 Å². The second-order valence-electron chi connectivity index (χ2n) is 3.73. The van der Waals surface area contributed by atoms with Crippen LogP contribution < -0.4 is 5.32 Å². The number of carbonyl (C=O) groups excluding carboxylic acids is 1. The number of anilines is 1. The average molecular weight is 263 g/mol. The van der Waals surface area contributed by atoms with Crippen LogP contribution in [0.1, 0.15) is 18.6 Å². The van der Waals surface area contributed by atoms with Gasteiger partial charge < -0.3 is 15.5 Å². The average Bonchev–Trinajstić information content (AvgIpc) is 2.27. The molecule has 0 heterocycles. The zero-order chi connectivity index (χ0) is 13.9. The third-order valence-corrected chi connectivity index (χ3v) is 2.16. The van der Waals surface area contributed by atoms with Gasteiger partial charge in [-0.15, -0.1) is 0 Å². The molecule has 0 aromatic heterocycles. The molecule has 1 aromatic carbocycles. The smallest absolute Gasteiger partial charge is 0.384 e. The molecule has 1 rings (SSSR count). The summed E-state index contributed by atoms with van der Waals surface area (Å²) in [4.78, 5) is 11.1. The van der Waals surface area contributed by atoms with E-state index in [9.17, 15) is 18.0 Å². The minimum Gasteiger partial charge on any atom is -0.384 e. The van der Waals surface area contributed by atoms with Crippen LogP contribution in [-0.2, 0) is 4.79 Å². The largest absolute Gasteiger partial charge is 0.418 e. The normalized spacial score (nSPS) is 15.0. The molecule has 2 unspecified atom stereocenters. The Kier molecular flexibility index (Phi) is 4.31. The minimum absolute atomic E-state index is 0.0710. The Bertz CT molecular complexity index is 432. The molecular weight excluding hydrogens is 251 g/mol. The fraction of sp³-hybridized carbons (Fsp3) is 0.364. The van der Waals surface area contributed by atoms with Crippen molar-refractivity contribution in [1.29, 1.82) is 0 Å². The van der Waals surface area contributed by atoms with Gasteiger partial charge in [-0.2, -0.15) is 13.2 Å². The Balaban J connectivity index is 2.89. The van der Waals surface area contributed by atoms with Gasteiger partial charge in [0.15, 0.2) is 6.10 Å². The van der Waals surface area contributed by atoms with Crippen molar-refractivity contribution in [2.45, 2.75) is 25.3 Å². The fourth-order valence-corrected chi connectivity index (χ4v) is 1.22. The molecule has 0 radical (unpaired) electrons. The number of benzene rings is 1. The monoisotopic (exact) mass is 263 g/mol.